The summed E-state index contributed by atoms with van der Waals surface area (Å²) < 4.78 is 5.79. The zero-order chi connectivity index (χ0) is 17.7. The van der Waals surface area contributed by atoms with E-state index >= 15 is 0 Å². The maximum Gasteiger partial charge on any atom is 0.227 e. The fourth-order valence-corrected chi connectivity index (χ4v) is 3.37. The second kappa shape index (κ2) is 7.87. The Balaban J connectivity index is 1.49. The molecule has 136 valence electrons. The van der Waals surface area contributed by atoms with Gasteiger partial charge in [-0.2, -0.15) is 0 Å². The molecule has 2 saturated heterocycles. The number of nitrogens with one attached hydrogen (secondary N) is 2. The first-order chi connectivity index (χ1) is 12.1. The second-order valence-electron chi connectivity index (χ2n) is 7.00. The first-order valence-corrected chi connectivity index (χ1v) is 9.07. The number of nitrogens with zero attached hydrogens (tertiary/aromatic N) is 2. The minimum Gasteiger partial charge on any atom is -0.373 e. The Morgan fingerprint density at radius 3 is 2.68 bits per heavy atom. The molecular weight excluding hydrogens is 316 g/mol. The quantitative estimate of drug-likeness (QED) is 0.634. The average Bonchev–Trinajstić information content (AvgIpc) is 3.24. The summed E-state index contributed by atoms with van der Waals surface area (Å²) >= 11 is 0. The monoisotopic (exact) mass is 344 g/mol. The molecule has 0 saturated carbocycles. The fraction of sp³-hybridized carbons (Fsp3) is 0.579. The third-order valence-corrected chi connectivity index (χ3v) is 4.94. The van der Waals surface area contributed by atoms with Crippen molar-refractivity contribution in [1.29, 1.82) is 0 Å². The van der Waals surface area contributed by atoms with Crippen molar-refractivity contribution in [2.75, 3.05) is 31.6 Å². The number of aliphatic imine (C=N–C) groups is 1. The number of amides is 1. The minimum atomic E-state index is -0.0957. The van der Waals surface area contributed by atoms with Crippen LogP contribution in [0.15, 0.2) is 29.3 Å². The molecule has 2 heterocycles. The molecule has 1 aromatic rings. The summed E-state index contributed by atoms with van der Waals surface area (Å²) in [5, 5.41) is 6.67. The maximum atomic E-state index is 11.8. The summed E-state index contributed by atoms with van der Waals surface area (Å²) in [4.78, 5) is 17.9. The van der Waals surface area contributed by atoms with Gasteiger partial charge < -0.3 is 20.3 Å². The number of carbonyl (C=O) groups is 1. The summed E-state index contributed by atoms with van der Waals surface area (Å²) in [6.45, 7) is 5.25. The standard InChI is InChI=1S/C19H28N4O2/c1-19(10-4-12-25-19)14-22-18(20-2)21-13-15-6-8-16(9-7-15)23-11-3-5-17(23)24/h6-9H,3-5,10-14H2,1-2H3,(H2,20,21,22). The van der Waals surface area contributed by atoms with Crippen LogP contribution in [0.4, 0.5) is 5.69 Å². The van der Waals surface area contributed by atoms with Crippen molar-refractivity contribution in [2.45, 2.75) is 44.8 Å². The van der Waals surface area contributed by atoms with Crippen LogP contribution < -0.4 is 15.5 Å². The van der Waals surface area contributed by atoms with Crippen LogP contribution in [0.25, 0.3) is 0 Å². The first-order valence-electron chi connectivity index (χ1n) is 9.07. The lowest BCUT2D eigenvalue weighted by Gasteiger charge is -2.24. The molecule has 0 aliphatic carbocycles. The summed E-state index contributed by atoms with van der Waals surface area (Å²) in [7, 11) is 1.77. The molecule has 25 heavy (non-hydrogen) atoms. The topological polar surface area (TPSA) is 66.0 Å². The van der Waals surface area contributed by atoms with Crippen molar-refractivity contribution in [3.63, 3.8) is 0 Å². The Bertz CT molecular complexity index is 621. The van der Waals surface area contributed by atoms with Gasteiger partial charge in [0.1, 0.15) is 0 Å². The van der Waals surface area contributed by atoms with Crippen molar-refractivity contribution in [1.82, 2.24) is 10.6 Å². The van der Waals surface area contributed by atoms with E-state index in [-0.39, 0.29) is 11.5 Å². The normalized spacial score (nSPS) is 24.0. The summed E-state index contributed by atoms with van der Waals surface area (Å²) in [5.41, 5.74) is 2.04. The Hall–Kier alpha value is -2.08. The molecular formula is C19H28N4O2. The average molecular weight is 344 g/mol. The van der Waals surface area contributed by atoms with Crippen LogP contribution in [0.3, 0.4) is 0 Å². The van der Waals surface area contributed by atoms with E-state index in [1.807, 2.05) is 17.0 Å². The van der Waals surface area contributed by atoms with Crippen molar-refractivity contribution >= 4 is 17.6 Å². The Morgan fingerprint density at radius 1 is 1.28 bits per heavy atom. The number of benzene rings is 1. The van der Waals surface area contributed by atoms with E-state index in [1.165, 1.54) is 0 Å². The van der Waals surface area contributed by atoms with Gasteiger partial charge in [-0.15, -0.1) is 0 Å². The van der Waals surface area contributed by atoms with Gasteiger partial charge in [-0.25, -0.2) is 0 Å². The van der Waals surface area contributed by atoms with Crippen LogP contribution in [0.1, 0.15) is 38.2 Å². The van der Waals surface area contributed by atoms with Crippen molar-refractivity contribution in [2.24, 2.45) is 4.99 Å². The molecule has 2 aliphatic heterocycles. The van der Waals surface area contributed by atoms with E-state index in [4.69, 9.17) is 4.74 Å². The summed E-state index contributed by atoms with van der Waals surface area (Å²) in [5.74, 6) is 0.994. The molecule has 1 unspecified atom stereocenters. The van der Waals surface area contributed by atoms with Gasteiger partial charge in [-0.05, 0) is 43.9 Å². The Kier molecular flexibility index (Phi) is 5.58. The van der Waals surface area contributed by atoms with Crippen LogP contribution in [0.5, 0.6) is 0 Å². The zero-order valence-corrected chi connectivity index (χ0v) is 15.2. The summed E-state index contributed by atoms with van der Waals surface area (Å²) in [6, 6.07) is 8.15. The van der Waals surface area contributed by atoms with E-state index in [9.17, 15) is 4.79 Å². The molecule has 0 radical (unpaired) electrons. The smallest absolute Gasteiger partial charge is 0.227 e. The number of carbonyl (C=O) groups excluding carboxylic acids is 1. The Labute approximate surface area is 149 Å². The van der Waals surface area contributed by atoms with Crippen LogP contribution in [0, 0.1) is 0 Å². The number of hydrogen-bond acceptors (Lipinski definition) is 3. The Morgan fingerprint density at radius 2 is 2.08 bits per heavy atom. The lowest BCUT2D eigenvalue weighted by Crippen LogP contribution is -2.45. The molecule has 0 bridgehead atoms. The van der Waals surface area contributed by atoms with E-state index < -0.39 is 0 Å². The molecule has 1 amide bonds. The highest BCUT2D eigenvalue weighted by atomic mass is 16.5. The van der Waals surface area contributed by atoms with E-state index in [2.05, 4.69) is 34.7 Å². The van der Waals surface area contributed by atoms with Gasteiger partial charge in [0.05, 0.1) is 5.60 Å². The van der Waals surface area contributed by atoms with E-state index in [0.29, 0.717) is 13.0 Å². The van der Waals surface area contributed by atoms with Gasteiger partial charge in [0, 0.05) is 45.4 Å². The maximum absolute atomic E-state index is 11.8. The van der Waals surface area contributed by atoms with Gasteiger partial charge >= 0.3 is 0 Å². The molecule has 6 nitrogen and oxygen atoms in total. The van der Waals surface area contributed by atoms with Crippen molar-refractivity contribution in [3.05, 3.63) is 29.8 Å². The lowest BCUT2D eigenvalue weighted by atomic mass is 10.0. The van der Waals surface area contributed by atoms with E-state index in [0.717, 1.165) is 56.2 Å². The largest absolute Gasteiger partial charge is 0.373 e. The van der Waals surface area contributed by atoms with Crippen LogP contribution in [0.2, 0.25) is 0 Å². The number of hydrogen-bond donors (Lipinski definition) is 2. The number of guanidine groups is 1. The van der Waals surface area contributed by atoms with Gasteiger partial charge in [0.15, 0.2) is 5.96 Å². The number of ether oxygens (including phenoxy) is 1. The van der Waals surface area contributed by atoms with Crippen molar-refractivity contribution < 1.29 is 9.53 Å². The van der Waals surface area contributed by atoms with Crippen LogP contribution in [-0.2, 0) is 16.1 Å². The first kappa shape index (κ1) is 17.7. The number of rotatable bonds is 5. The van der Waals surface area contributed by atoms with Gasteiger partial charge in [0.2, 0.25) is 5.91 Å². The second-order valence-corrected chi connectivity index (χ2v) is 7.00. The van der Waals surface area contributed by atoms with Crippen LogP contribution >= 0.6 is 0 Å². The van der Waals surface area contributed by atoms with Gasteiger partial charge in [0.25, 0.3) is 0 Å². The SMILES string of the molecule is CN=C(NCc1ccc(N2CCCC2=O)cc1)NCC1(C)CCCO1. The van der Waals surface area contributed by atoms with Crippen LogP contribution in [-0.4, -0.2) is 44.2 Å². The highest BCUT2D eigenvalue weighted by molar-refractivity contribution is 5.95. The number of anilines is 1. The van der Waals surface area contributed by atoms with E-state index in [1.54, 1.807) is 7.05 Å². The predicted octanol–water partition coefficient (Wildman–Crippen LogP) is 2.05. The third-order valence-electron chi connectivity index (χ3n) is 4.94. The molecule has 2 aliphatic rings. The molecule has 1 atom stereocenters. The molecule has 3 rings (SSSR count). The van der Waals surface area contributed by atoms with Gasteiger partial charge in [-0.3, -0.25) is 9.79 Å². The molecule has 6 heteroatoms. The third kappa shape index (κ3) is 4.51. The zero-order valence-electron chi connectivity index (χ0n) is 15.2. The molecule has 0 spiro atoms. The minimum absolute atomic E-state index is 0.0957. The highest BCUT2D eigenvalue weighted by Gasteiger charge is 2.29. The molecule has 1 aromatic carbocycles. The molecule has 2 fully saturated rings. The molecule has 0 aromatic heterocycles. The highest BCUT2D eigenvalue weighted by Crippen LogP contribution is 2.24. The predicted molar refractivity (Wildman–Crippen MR) is 99.8 cm³/mol. The van der Waals surface area contributed by atoms with Gasteiger partial charge in [-0.1, -0.05) is 12.1 Å². The summed E-state index contributed by atoms with van der Waals surface area (Å²) in [6.07, 6.45) is 3.81. The molecule has 2 N–H and O–H groups in total. The van der Waals surface area contributed by atoms with Crippen molar-refractivity contribution in [3.8, 4) is 0 Å². The fourth-order valence-electron chi connectivity index (χ4n) is 3.37. The lowest BCUT2D eigenvalue weighted by molar-refractivity contribution is -0.117.